The Kier molecular flexibility index (Phi) is 4.29. The number of anilines is 1. The predicted molar refractivity (Wildman–Crippen MR) is 105 cm³/mol. The second-order valence-electron chi connectivity index (χ2n) is 6.21. The Hall–Kier alpha value is -3.32. The molecular weight excluding hydrogens is 362 g/mol. The maximum Gasteiger partial charge on any atom is 0.257 e. The van der Waals surface area contributed by atoms with Crippen LogP contribution in [0.3, 0.4) is 0 Å². The largest absolute Gasteiger partial charge is 0.456 e. The molecule has 0 bridgehead atoms. The van der Waals surface area contributed by atoms with Crippen LogP contribution in [0.15, 0.2) is 57.2 Å². The smallest absolute Gasteiger partial charge is 0.257 e. The number of aromatic nitrogens is 2. The molecule has 2 aromatic carbocycles. The van der Waals surface area contributed by atoms with E-state index < -0.39 is 0 Å². The van der Waals surface area contributed by atoms with Gasteiger partial charge in [0.05, 0.1) is 5.39 Å². The Morgan fingerprint density at radius 3 is 2.59 bits per heavy atom. The minimum atomic E-state index is -0.274. The molecular formula is C20H15N3O3S. The lowest BCUT2D eigenvalue weighted by Crippen LogP contribution is -2.11. The van der Waals surface area contributed by atoms with E-state index in [1.54, 1.807) is 29.8 Å². The molecule has 4 rings (SSSR count). The van der Waals surface area contributed by atoms with Gasteiger partial charge in [0.25, 0.3) is 5.91 Å². The van der Waals surface area contributed by atoms with Crippen LogP contribution in [-0.4, -0.2) is 16.1 Å². The van der Waals surface area contributed by atoms with Gasteiger partial charge in [0.1, 0.15) is 16.9 Å². The highest BCUT2D eigenvalue weighted by atomic mass is 32.1. The molecule has 6 nitrogen and oxygen atoms in total. The van der Waals surface area contributed by atoms with Crippen molar-refractivity contribution in [3.63, 3.8) is 0 Å². The fraction of sp³-hybridized carbons (Fsp3) is 0.100. The van der Waals surface area contributed by atoms with Gasteiger partial charge in [-0.25, -0.2) is 0 Å². The van der Waals surface area contributed by atoms with E-state index in [4.69, 9.17) is 4.42 Å². The molecule has 7 heteroatoms. The number of amides is 1. The highest BCUT2D eigenvalue weighted by Crippen LogP contribution is 2.25. The fourth-order valence-corrected chi connectivity index (χ4v) is 3.37. The fourth-order valence-electron chi connectivity index (χ4n) is 2.93. The van der Waals surface area contributed by atoms with Crippen LogP contribution in [0.25, 0.3) is 22.3 Å². The first-order chi connectivity index (χ1) is 13.0. The standard InChI is InChI=1S/C20H15N3O3S/c1-11-7-12(2)18-15(8-11)16(24)9-17(26-18)13-3-5-14(6-4-13)19(25)22-20-23-21-10-27-20/h3-10H,1-2H3,(H,22,23,25). The number of hydrogen-bond acceptors (Lipinski definition) is 6. The first-order valence-electron chi connectivity index (χ1n) is 8.24. The lowest BCUT2D eigenvalue weighted by atomic mass is 10.1. The summed E-state index contributed by atoms with van der Waals surface area (Å²) in [6, 6.07) is 12.2. The Balaban J connectivity index is 1.68. The van der Waals surface area contributed by atoms with Crippen LogP contribution in [0.4, 0.5) is 5.13 Å². The van der Waals surface area contributed by atoms with Gasteiger partial charge in [0.2, 0.25) is 5.13 Å². The molecule has 27 heavy (non-hydrogen) atoms. The Morgan fingerprint density at radius 1 is 1.11 bits per heavy atom. The van der Waals surface area contributed by atoms with Gasteiger partial charge in [-0.2, -0.15) is 0 Å². The topological polar surface area (TPSA) is 85.1 Å². The van der Waals surface area contributed by atoms with Crippen molar-refractivity contribution >= 4 is 33.3 Å². The second-order valence-corrected chi connectivity index (χ2v) is 7.04. The molecule has 0 saturated heterocycles. The summed E-state index contributed by atoms with van der Waals surface area (Å²) in [6.45, 7) is 3.87. The van der Waals surface area contributed by atoms with Crippen LogP contribution in [-0.2, 0) is 0 Å². The number of nitrogens with zero attached hydrogens (tertiary/aromatic N) is 2. The maximum atomic E-state index is 12.5. The number of nitrogens with one attached hydrogen (secondary N) is 1. The Labute approximate surface area is 158 Å². The zero-order valence-corrected chi connectivity index (χ0v) is 15.5. The van der Waals surface area contributed by atoms with Crippen molar-refractivity contribution in [2.75, 3.05) is 5.32 Å². The van der Waals surface area contributed by atoms with E-state index >= 15 is 0 Å². The zero-order chi connectivity index (χ0) is 19.0. The summed E-state index contributed by atoms with van der Waals surface area (Å²) < 4.78 is 5.98. The van der Waals surface area contributed by atoms with Crippen LogP contribution in [0, 0.1) is 13.8 Å². The summed E-state index contributed by atoms with van der Waals surface area (Å²) in [6.07, 6.45) is 0. The first kappa shape index (κ1) is 17.1. The molecule has 4 aromatic rings. The molecule has 0 spiro atoms. The third kappa shape index (κ3) is 3.37. The molecule has 0 radical (unpaired) electrons. The van der Waals surface area contributed by atoms with E-state index in [1.165, 1.54) is 17.4 Å². The average molecular weight is 377 g/mol. The van der Waals surface area contributed by atoms with Gasteiger partial charge in [0, 0.05) is 17.2 Å². The Morgan fingerprint density at radius 2 is 1.89 bits per heavy atom. The molecule has 2 heterocycles. The number of hydrogen-bond donors (Lipinski definition) is 1. The van der Waals surface area contributed by atoms with E-state index in [-0.39, 0.29) is 11.3 Å². The van der Waals surface area contributed by atoms with Crippen LogP contribution in [0.1, 0.15) is 21.5 Å². The quantitative estimate of drug-likeness (QED) is 0.579. The molecule has 0 atom stereocenters. The summed E-state index contributed by atoms with van der Waals surface area (Å²) in [4.78, 5) is 24.7. The lowest BCUT2D eigenvalue weighted by Gasteiger charge is -2.07. The van der Waals surface area contributed by atoms with E-state index in [1.807, 2.05) is 26.0 Å². The van der Waals surface area contributed by atoms with Crippen LogP contribution in [0.5, 0.6) is 0 Å². The molecule has 0 aliphatic heterocycles. The SMILES string of the molecule is Cc1cc(C)c2oc(-c3ccc(C(=O)Nc4nncs4)cc3)cc(=O)c2c1. The monoisotopic (exact) mass is 377 g/mol. The molecule has 0 aliphatic carbocycles. The van der Waals surface area contributed by atoms with Crippen molar-refractivity contribution in [3.05, 3.63) is 74.9 Å². The van der Waals surface area contributed by atoms with Crippen LogP contribution >= 0.6 is 11.3 Å². The molecule has 0 saturated carbocycles. The summed E-state index contributed by atoms with van der Waals surface area (Å²) in [5.74, 6) is 0.195. The number of rotatable bonds is 3. The number of aryl methyl sites for hydroxylation is 2. The van der Waals surface area contributed by atoms with Crippen molar-refractivity contribution in [2.45, 2.75) is 13.8 Å². The van der Waals surface area contributed by atoms with Gasteiger partial charge in [-0.1, -0.05) is 29.5 Å². The second kappa shape index (κ2) is 6.77. The molecule has 1 amide bonds. The summed E-state index contributed by atoms with van der Waals surface area (Å²) in [5, 5.41) is 11.2. The zero-order valence-electron chi connectivity index (χ0n) is 14.6. The summed E-state index contributed by atoms with van der Waals surface area (Å²) in [5.41, 5.74) is 5.18. The normalized spacial score (nSPS) is 10.9. The minimum Gasteiger partial charge on any atom is -0.456 e. The Bertz CT molecular complexity index is 1200. The van der Waals surface area contributed by atoms with Gasteiger partial charge in [0.15, 0.2) is 5.43 Å². The van der Waals surface area contributed by atoms with E-state index in [2.05, 4.69) is 15.5 Å². The molecule has 0 unspecified atom stereocenters. The molecule has 0 fully saturated rings. The van der Waals surface area contributed by atoms with Gasteiger partial charge >= 0.3 is 0 Å². The third-order valence-electron chi connectivity index (χ3n) is 4.17. The lowest BCUT2D eigenvalue weighted by molar-refractivity contribution is 0.102. The summed E-state index contributed by atoms with van der Waals surface area (Å²) >= 11 is 1.25. The number of carbonyl (C=O) groups excluding carboxylic acids is 1. The van der Waals surface area contributed by atoms with Crippen molar-refractivity contribution < 1.29 is 9.21 Å². The molecule has 0 aliphatic rings. The minimum absolute atomic E-state index is 0.0869. The summed E-state index contributed by atoms with van der Waals surface area (Å²) in [7, 11) is 0. The average Bonchev–Trinajstić information content (AvgIpc) is 3.15. The number of fused-ring (bicyclic) bond motifs is 1. The first-order valence-corrected chi connectivity index (χ1v) is 9.12. The van der Waals surface area contributed by atoms with Crippen LogP contribution < -0.4 is 10.7 Å². The molecule has 134 valence electrons. The maximum absolute atomic E-state index is 12.5. The van der Waals surface area contributed by atoms with Gasteiger partial charge in [-0.05, 0) is 43.2 Å². The van der Waals surface area contributed by atoms with Gasteiger partial charge in [-0.15, -0.1) is 10.2 Å². The molecule has 2 aromatic heterocycles. The highest BCUT2D eigenvalue weighted by molar-refractivity contribution is 7.13. The van der Waals surface area contributed by atoms with Crippen molar-refractivity contribution in [2.24, 2.45) is 0 Å². The van der Waals surface area contributed by atoms with Crippen molar-refractivity contribution in [1.82, 2.24) is 10.2 Å². The van der Waals surface area contributed by atoms with Gasteiger partial charge in [-0.3, -0.25) is 14.9 Å². The van der Waals surface area contributed by atoms with Crippen molar-refractivity contribution in [3.8, 4) is 11.3 Å². The van der Waals surface area contributed by atoms with E-state index in [0.717, 1.165) is 16.7 Å². The van der Waals surface area contributed by atoms with Crippen LogP contribution in [0.2, 0.25) is 0 Å². The predicted octanol–water partition coefficient (Wildman–Crippen LogP) is 4.18. The van der Waals surface area contributed by atoms with Gasteiger partial charge < -0.3 is 4.42 Å². The third-order valence-corrected chi connectivity index (χ3v) is 4.78. The molecule has 1 N–H and O–H groups in total. The number of carbonyl (C=O) groups is 1. The van der Waals surface area contributed by atoms with E-state index in [9.17, 15) is 9.59 Å². The van der Waals surface area contributed by atoms with Crippen molar-refractivity contribution in [1.29, 1.82) is 0 Å². The number of benzene rings is 2. The van der Waals surface area contributed by atoms with E-state index in [0.29, 0.717) is 27.4 Å². The highest BCUT2D eigenvalue weighted by Gasteiger charge is 2.12.